The molecule has 0 aliphatic carbocycles. The summed E-state index contributed by atoms with van der Waals surface area (Å²) in [5, 5.41) is 9.05. The molecule has 0 spiro atoms. The molecule has 1 aromatic carbocycles. The fourth-order valence-corrected chi connectivity index (χ4v) is 2.89. The van der Waals surface area contributed by atoms with E-state index in [0.717, 1.165) is 10.4 Å². The summed E-state index contributed by atoms with van der Waals surface area (Å²) in [5.74, 6) is 0.242. The second-order valence-electron chi connectivity index (χ2n) is 2.54. The molecule has 2 nitrogen and oxygen atoms in total. The lowest BCUT2D eigenvalue weighted by molar-refractivity contribution is 0.475. The lowest BCUT2D eigenvalue weighted by atomic mass is 10.2. The van der Waals surface area contributed by atoms with Gasteiger partial charge in [0.1, 0.15) is 5.75 Å². The maximum Gasteiger partial charge on any atom is 0.243 e. The van der Waals surface area contributed by atoms with E-state index in [9.17, 15) is 4.79 Å². The molecule has 2 aromatic rings. The van der Waals surface area contributed by atoms with Gasteiger partial charge in [-0.05, 0) is 40.2 Å². The molecule has 0 amide bonds. The Morgan fingerprint density at radius 3 is 2.31 bits per heavy atom. The zero-order valence-electron chi connectivity index (χ0n) is 6.56. The molecule has 4 heteroatoms. The topological polar surface area (TPSA) is 37.3 Å². The third-order valence-electron chi connectivity index (χ3n) is 1.61. The first-order valence-corrected chi connectivity index (χ1v) is 5.80. The van der Waals surface area contributed by atoms with E-state index in [2.05, 4.69) is 0 Å². The van der Waals surface area contributed by atoms with E-state index in [1.54, 1.807) is 30.3 Å². The van der Waals surface area contributed by atoms with Gasteiger partial charge in [0, 0.05) is 10.9 Å². The minimum Gasteiger partial charge on any atom is -0.508 e. The van der Waals surface area contributed by atoms with E-state index in [0.29, 0.717) is 0 Å². The summed E-state index contributed by atoms with van der Waals surface area (Å²) in [5.41, 5.74) is 0.973. The van der Waals surface area contributed by atoms with Gasteiger partial charge >= 0.3 is 0 Å². The fraction of sp³-hybridized carbons (Fsp3) is 0. The number of hydrogen-bond acceptors (Lipinski definition) is 4. The molecule has 0 unspecified atom stereocenters. The van der Waals surface area contributed by atoms with Crippen LogP contribution in [0.25, 0.3) is 10.4 Å². The Morgan fingerprint density at radius 1 is 1.08 bits per heavy atom. The van der Waals surface area contributed by atoms with Crippen LogP contribution in [-0.4, -0.2) is 5.11 Å². The quantitative estimate of drug-likeness (QED) is 0.734. The molecular weight excluding hydrogens is 204 g/mol. The van der Waals surface area contributed by atoms with Gasteiger partial charge in [-0.25, -0.2) is 0 Å². The van der Waals surface area contributed by atoms with Gasteiger partial charge < -0.3 is 5.11 Å². The molecule has 0 aliphatic heterocycles. The Morgan fingerprint density at radius 2 is 1.77 bits per heavy atom. The maximum absolute atomic E-state index is 10.9. The van der Waals surface area contributed by atoms with Gasteiger partial charge in [-0.1, -0.05) is 10.3 Å². The van der Waals surface area contributed by atoms with Crippen molar-refractivity contribution in [3.8, 4) is 16.2 Å². The zero-order valence-corrected chi connectivity index (χ0v) is 8.19. The first-order chi connectivity index (χ1) is 6.25. The highest BCUT2D eigenvalue weighted by molar-refractivity contribution is 7.69. The number of phenols is 1. The van der Waals surface area contributed by atoms with E-state index < -0.39 is 0 Å². The minimum absolute atomic E-state index is 0.0769. The molecule has 0 radical (unpaired) electrons. The van der Waals surface area contributed by atoms with Crippen molar-refractivity contribution in [2.75, 3.05) is 0 Å². The van der Waals surface area contributed by atoms with Gasteiger partial charge in [0.25, 0.3) is 0 Å². The molecule has 0 atom stereocenters. The minimum atomic E-state index is 0.0769. The Balaban J connectivity index is 2.47. The Kier molecular flexibility index (Phi) is 2.16. The predicted molar refractivity (Wildman–Crippen MR) is 55.6 cm³/mol. The molecule has 0 fully saturated rings. The van der Waals surface area contributed by atoms with Crippen LogP contribution < -0.4 is 4.74 Å². The van der Waals surface area contributed by atoms with E-state index >= 15 is 0 Å². The Bertz CT molecular complexity index is 453. The molecule has 1 heterocycles. The average molecular weight is 210 g/mol. The Hall–Kier alpha value is -1.13. The fourth-order valence-electron chi connectivity index (χ4n) is 0.998. The summed E-state index contributed by atoms with van der Waals surface area (Å²) in [4.78, 5) is 11.9. The van der Waals surface area contributed by atoms with Crippen LogP contribution in [-0.2, 0) is 0 Å². The summed E-state index contributed by atoms with van der Waals surface area (Å²) in [7, 11) is 2.68. The second kappa shape index (κ2) is 3.32. The van der Waals surface area contributed by atoms with Crippen LogP contribution in [0.15, 0.2) is 35.1 Å². The number of phenolic OH excluding ortho intramolecular Hbond substituents is 1. The molecule has 1 N–H and O–H groups in total. The highest BCUT2D eigenvalue weighted by Crippen LogP contribution is 2.26. The summed E-state index contributed by atoms with van der Waals surface area (Å²) < 4.78 is 0.0769. The molecule has 0 aliphatic rings. The third-order valence-corrected chi connectivity index (χ3v) is 3.79. The highest BCUT2D eigenvalue weighted by Gasteiger charge is 2.00. The number of benzene rings is 1. The molecule has 2 rings (SSSR count). The molecular formula is C9H6O2S2. The van der Waals surface area contributed by atoms with Crippen molar-refractivity contribution in [1.82, 2.24) is 0 Å². The van der Waals surface area contributed by atoms with Crippen molar-refractivity contribution in [1.29, 1.82) is 0 Å². The van der Waals surface area contributed by atoms with Crippen LogP contribution in [0, 0.1) is 0 Å². The standard InChI is InChI=1S/C9H6O2S2/c10-7-3-1-6(2-4-7)8-5-9(11)13-12-8/h1-5,10H. The predicted octanol–water partition coefficient (Wildman–Crippen LogP) is 2.54. The number of hydrogen-bond donors (Lipinski definition) is 1. The smallest absolute Gasteiger partial charge is 0.243 e. The van der Waals surface area contributed by atoms with Crippen molar-refractivity contribution in [2.24, 2.45) is 0 Å². The normalized spacial score (nSPS) is 10.2. The monoisotopic (exact) mass is 210 g/mol. The average Bonchev–Trinajstić information content (AvgIpc) is 2.53. The van der Waals surface area contributed by atoms with Crippen molar-refractivity contribution < 1.29 is 5.11 Å². The van der Waals surface area contributed by atoms with Crippen LogP contribution >= 0.6 is 20.7 Å². The molecule has 0 saturated carbocycles. The summed E-state index contributed by atoms with van der Waals surface area (Å²) >= 11 is 0. The van der Waals surface area contributed by atoms with Crippen LogP contribution in [0.2, 0.25) is 0 Å². The van der Waals surface area contributed by atoms with Crippen LogP contribution in [0.5, 0.6) is 5.75 Å². The molecule has 0 saturated heterocycles. The van der Waals surface area contributed by atoms with Crippen molar-refractivity contribution >= 4 is 20.7 Å². The lowest BCUT2D eigenvalue weighted by Gasteiger charge is -1.95. The van der Waals surface area contributed by atoms with Gasteiger partial charge in [-0.3, -0.25) is 4.79 Å². The Labute approximate surface area is 82.1 Å². The zero-order chi connectivity index (χ0) is 9.26. The maximum atomic E-state index is 10.9. The van der Waals surface area contributed by atoms with Gasteiger partial charge in [0.15, 0.2) is 0 Å². The van der Waals surface area contributed by atoms with E-state index in [1.165, 1.54) is 20.7 Å². The third kappa shape index (κ3) is 1.79. The second-order valence-corrected chi connectivity index (χ2v) is 4.72. The molecule has 66 valence electrons. The van der Waals surface area contributed by atoms with Crippen molar-refractivity contribution in [2.45, 2.75) is 0 Å². The van der Waals surface area contributed by atoms with Crippen LogP contribution in [0.3, 0.4) is 0 Å². The highest BCUT2D eigenvalue weighted by atomic mass is 32.9. The first-order valence-electron chi connectivity index (χ1n) is 3.65. The molecule has 13 heavy (non-hydrogen) atoms. The van der Waals surface area contributed by atoms with E-state index in [1.807, 2.05) is 0 Å². The SMILES string of the molecule is O=c1cc(-c2ccc(O)cc2)ss1. The van der Waals surface area contributed by atoms with Crippen LogP contribution in [0.1, 0.15) is 0 Å². The van der Waals surface area contributed by atoms with Gasteiger partial charge in [-0.15, -0.1) is 0 Å². The first kappa shape index (κ1) is 8.47. The summed E-state index contributed by atoms with van der Waals surface area (Å²) in [6.07, 6.45) is 0. The summed E-state index contributed by atoms with van der Waals surface area (Å²) in [6, 6.07) is 8.44. The van der Waals surface area contributed by atoms with Gasteiger partial charge in [-0.2, -0.15) is 0 Å². The van der Waals surface area contributed by atoms with E-state index in [-0.39, 0.29) is 10.5 Å². The van der Waals surface area contributed by atoms with Gasteiger partial charge in [0.2, 0.25) is 4.74 Å². The van der Waals surface area contributed by atoms with Crippen molar-refractivity contribution in [3.05, 3.63) is 39.9 Å². The van der Waals surface area contributed by atoms with E-state index in [4.69, 9.17) is 5.11 Å². The number of rotatable bonds is 1. The van der Waals surface area contributed by atoms with Crippen molar-refractivity contribution in [3.63, 3.8) is 0 Å². The van der Waals surface area contributed by atoms with Crippen LogP contribution in [0.4, 0.5) is 0 Å². The summed E-state index contributed by atoms with van der Waals surface area (Å²) in [6.45, 7) is 0. The largest absolute Gasteiger partial charge is 0.508 e. The lowest BCUT2D eigenvalue weighted by Crippen LogP contribution is -1.81. The molecule has 1 aromatic heterocycles. The molecule has 0 bridgehead atoms. The number of aromatic hydroxyl groups is 1. The van der Waals surface area contributed by atoms with Gasteiger partial charge in [0.05, 0.1) is 0 Å².